The van der Waals surface area contributed by atoms with Crippen LogP contribution in [0.3, 0.4) is 0 Å². The second-order valence-corrected chi connectivity index (χ2v) is 5.89. The molecular formula is C19H13N5O5. The Bertz CT molecular complexity index is 1150. The van der Waals surface area contributed by atoms with Crippen LogP contribution in [0.1, 0.15) is 26.4 Å². The number of carbonyl (C=O) groups excluding carboxylic acids is 2. The van der Waals surface area contributed by atoms with Crippen molar-refractivity contribution in [3.63, 3.8) is 0 Å². The second kappa shape index (κ2) is 7.32. The number of carbonyl (C=O) groups is 2. The zero-order valence-corrected chi connectivity index (χ0v) is 15.1. The molecule has 1 aliphatic rings. The van der Waals surface area contributed by atoms with E-state index in [1.165, 1.54) is 25.3 Å². The first kappa shape index (κ1) is 18.0. The first-order valence-corrected chi connectivity index (χ1v) is 8.34. The summed E-state index contributed by atoms with van der Waals surface area (Å²) in [4.78, 5) is 24.6. The van der Waals surface area contributed by atoms with Crippen molar-refractivity contribution in [2.45, 2.75) is 0 Å². The molecule has 0 bridgehead atoms. The maximum Gasteiger partial charge on any atom is 0.340 e. The van der Waals surface area contributed by atoms with Gasteiger partial charge < -0.3 is 24.1 Å². The fourth-order valence-corrected chi connectivity index (χ4v) is 2.70. The molecule has 3 heterocycles. The van der Waals surface area contributed by atoms with Gasteiger partial charge in [-0.25, -0.2) is 4.79 Å². The monoisotopic (exact) mass is 391 g/mol. The number of benzene rings is 1. The molecule has 10 heteroatoms. The molecule has 0 fully saturated rings. The van der Waals surface area contributed by atoms with Crippen LogP contribution in [0.15, 0.2) is 42.7 Å². The van der Waals surface area contributed by atoms with Gasteiger partial charge in [-0.3, -0.25) is 4.79 Å². The molecule has 144 valence electrons. The van der Waals surface area contributed by atoms with Crippen LogP contribution in [-0.2, 0) is 4.74 Å². The lowest BCUT2D eigenvalue weighted by Gasteiger charge is -2.11. The fourth-order valence-electron chi connectivity index (χ4n) is 2.70. The normalized spacial score (nSPS) is 11.6. The van der Waals surface area contributed by atoms with Crippen LogP contribution in [0.4, 0.5) is 5.69 Å². The largest absolute Gasteiger partial charge is 0.465 e. The zero-order valence-electron chi connectivity index (χ0n) is 15.1. The van der Waals surface area contributed by atoms with Gasteiger partial charge in [0.1, 0.15) is 6.07 Å². The number of nitrogens with one attached hydrogen (secondary N) is 1. The van der Waals surface area contributed by atoms with Crippen LogP contribution in [0.2, 0.25) is 0 Å². The third kappa shape index (κ3) is 3.44. The number of nitriles is 1. The molecule has 29 heavy (non-hydrogen) atoms. The molecule has 0 radical (unpaired) electrons. The number of esters is 1. The molecule has 10 nitrogen and oxygen atoms in total. The Hall–Kier alpha value is -4.39. The Labute approximate surface area is 164 Å². The van der Waals surface area contributed by atoms with Crippen molar-refractivity contribution in [3.8, 4) is 23.4 Å². The third-order valence-electron chi connectivity index (χ3n) is 4.14. The van der Waals surface area contributed by atoms with Crippen molar-refractivity contribution < 1.29 is 23.8 Å². The third-order valence-corrected chi connectivity index (χ3v) is 4.14. The molecule has 1 aromatic carbocycles. The molecule has 1 amide bonds. The van der Waals surface area contributed by atoms with E-state index in [4.69, 9.17) is 19.5 Å². The standard InChI is InChI=1S/C19H13N5O5/c1-27-19(26)12-6-15-16(29-10-28-15)7-14(12)21-18(25)13-2-3-17(23-22-13)24-5-4-11(8-20)9-24/h2-7,9H,10H2,1H3,(H,21,25). The van der Waals surface area contributed by atoms with Crippen LogP contribution >= 0.6 is 0 Å². The Morgan fingerprint density at radius 3 is 2.66 bits per heavy atom. The van der Waals surface area contributed by atoms with E-state index < -0.39 is 11.9 Å². The summed E-state index contributed by atoms with van der Waals surface area (Å²) in [6.07, 6.45) is 3.26. The van der Waals surface area contributed by atoms with E-state index >= 15 is 0 Å². The molecule has 2 aromatic heterocycles. The van der Waals surface area contributed by atoms with Crippen molar-refractivity contribution in [1.29, 1.82) is 5.26 Å². The number of fused-ring (bicyclic) bond motifs is 1. The number of ether oxygens (including phenoxy) is 3. The van der Waals surface area contributed by atoms with E-state index in [1.807, 2.05) is 6.07 Å². The van der Waals surface area contributed by atoms with Gasteiger partial charge in [0.25, 0.3) is 5.91 Å². The lowest BCUT2D eigenvalue weighted by Crippen LogP contribution is -2.17. The van der Waals surface area contributed by atoms with E-state index in [9.17, 15) is 9.59 Å². The number of methoxy groups -OCH3 is 1. The SMILES string of the molecule is COC(=O)c1cc2c(cc1NC(=O)c1ccc(-n3ccc(C#N)c3)nn1)OCO2. The van der Waals surface area contributed by atoms with Crippen LogP contribution in [0, 0.1) is 11.3 Å². The average molecular weight is 391 g/mol. The number of anilines is 1. The highest BCUT2D eigenvalue weighted by Gasteiger charge is 2.23. The quantitative estimate of drug-likeness (QED) is 0.668. The highest BCUT2D eigenvalue weighted by molar-refractivity contribution is 6.07. The first-order chi connectivity index (χ1) is 14.1. The summed E-state index contributed by atoms with van der Waals surface area (Å²) in [7, 11) is 1.24. The topological polar surface area (TPSA) is 128 Å². The summed E-state index contributed by atoms with van der Waals surface area (Å²) in [5.74, 6) is 0.0203. The van der Waals surface area contributed by atoms with Crippen LogP contribution in [0.5, 0.6) is 11.5 Å². The molecule has 0 atom stereocenters. The second-order valence-electron chi connectivity index (χ2n) is 5.89. The Morgan fingerprint density at radius 2 is 2.00 bits per heavy atom. The van der Waals surface area contributed by atoms with Gasteiger partial charge in [-0.05, 0) is 18.2 Å². The van der Waals surface area contributed by atoms with Crippen molar-refractivity contribution in [2.75, 3.05) is 19.2 Å². The van der Waals surface area contributed by atoms with Gasteiger partial charge in [0, 0.05) is 24.5 Å². The molecule has 1 N–H and O–H groups in total. The van der Waals surface area contributed by atoms with Gasteiger partial charge in [-0.1, -0.05) is 0 Å². The molecule has 0 spiro atoms. The van der Waals surface area contributed by atoms with Gasteiger partial charge in [-0.15, -0.1) is 10.2 Å². The molecule has 0 aliphatic carbocycles. The minimum Gasteiger partial charge on any atom is -0.465 e. The van der Waals surface area contributed by atoms with Crippen molar-refractivity contribution >= 4 is 17.6 Å². The summed E-state index contributed by atoms with van der Waals surface area (Å²) in [6.45, 7) is 0.0210. The van der Waals surface area contributed by atoms with Crippen LogP contribution in [-0.4, -0.2) is 40.5 Å². The fraction of sp³-hybridized carbons (Fsp3) is 0.105. The number of hydrogen-bond donors (Lipinski definition) is 1. The smallest absolute Gasteiger partial charge is 0.340 e. The lowest BCUT2D eigenvalue weighted by atomic mass is 10.1. The van der Waals surface area contributed by atoms with Gasteiger partial charge in [0.05, 0.1) is 23.9 Å². The number of aromatic nitrogens is 3. The molecule has 0 saturated carbocycles. The Kier molecular flexibility index (Phi) is 4.54. The van der Waals surface area contributed by atoms with E-state index in [-0.39, 0.29) is 23.7 Å². The molecule has 0 unspecified atom stereocenters. The number of amides is 1. The minimum atomic E-state index is -0.638. The van der Waals surface area contributed by atoms with Crippen molar-refractivity contribution in [2.24, 2.45) is 0 Å². The van der Waals surface area contributed by atoms with Gasteiger partial charge in [0.2, 0.25) is 6.79 Å². The van der Waals surface area contributed by atoms with Crippen molar-refractivity contribution in [3.05, 3.63) is 59.5 Å². The predicted molar refractivity (Wildman–Crippen MR) is 97.9 cm³/mol. The van der Waals surface area contributed by atoms with Gasteiger partial charge >= 0.3 is 5.97 Å². The summed E-state index contributed by atoms with van der Waals surface area (Å²) in [5, 5.41) is 19.4. The summed E-state index contributed by atoms with van der Waals surface area (Å²) < 4.78 is 16.9. The number of rotatable bonds is 4. The van der Waals surface area contributed by atoms with E-state index in [0.29, 0.717) is 22.9 Å². The van der Waals surface area contributed by atoms with E-state index in [0.717, 1.165) is 0 Å². The molecule has 0 saturated heterocycles. The molecular weight excluding hydrogens is 378 g/mol. The maximum atomic E-state index is 12.6. The lowest BCUT2D eigenvalue weighted by molar-refractivity contribution is 0.0601. The number of hydrogen-bond acceptors (Lipinski definition) is 8. The predicted octanol–water partition coefficient (Wildman–Crippen LogP) is 1.91. The maximum absolute atomic E-state index is 12.6. The summed E-state index contributed by atoms with van der Waals surface area (Å²) >= 11 is 0. The Balaban J connectivity index is 1.58. The molecule has 4 rings (SSSR count). The molecule has 3 aromatic rings. The summed E-state index contributed by atoms with van der Waals surface area (Å²) in [5.41, 5.74) is 0.828. The van der Waals surface area contributed by atoms with E-state index in [1.54, 1.807) is 29.1 Å². The highest BCUT2D eigenvalue weighted by Crippen LogP contribution is 2.37. The first-order valence-electron chi connectivity index (χ1n) is 8.34. The molecule has 1 aliphatic heterocycles. The summed E-state index contributed by atoms with van der Waals surface area (Å²) in [6, 6.07) is 9.65. The highest BCUT2D eigenvalue weighted by atomic mass is 16.7. The van der Waals surface area contributed by atoms with Gasteiger partial charge in [0.15, 0.2) is 23.0 Å². The van der Waals surface area contributed by atoms with Gasteiger partial charge in [-0.2, -0.15) is 5.26 Å². The zero-order chi connectivity index (χ0) is 20.4. The van der Waals surface area contributed by atoms with Crippen molar-refractivity contribution in [1.82, 2.24) is 14.8 Å². The van der Waals surface area contributed by atoms with Crippen LogP contribution < -0.4 is 14.8 Å². The number of nitrogens with zero attached hydrogens (tertiary/aromatic N) is 4. The van der Waals surface area contributed by atoms with Crippen LogP contribution in [0.25, 0.3) is 5.82 Å². The minimum absolute atomic E-state index is 0.0210. The van der Waals surface area contributed by atoms with E-state index in [2.05, 4.69) is 15.5 Å². The average Bonchev–Trinajstić information content (AvgIpc) is 3.41. The Morgan fingerprint density at radius 1 is 1.21 bits per heavy atom.